The number of rotatable bonds is 6. The quantitative estimate of drug-likeness (QED) is 0.730. The summed E-state index contributed by atoms with van der Waals surface area (Å²) < 4.78 is 0. The van der Waals surface area contributed by atoms with E-state index < -0.39 is 6.04 Å². The molecule has 0 bridgehead atoms. The lowest BCUT2D eigenvalue weighted by atomic mass is 10.1. The molecule has 0 spiro atoms. The average Bonchev–Trinajstić information content (AvgIpc) is 2.41. The van der Waals surface area contributed by atoms with Crippen molar-refractivity contribution in [2.45, 2.75) is 45.2 Å². The van der Waals surface area contributed by atoms with Crippen molar-refractivity contribution < 1.29 is 9.59 Å². The van der Waals surface area contributed by atoms with Gasteiger partial charge in [-0.2, -0.15) is 0 Å². The van der Waals surface area contributed by atoms with Crippen LogP contribution >= 0.6 is 0 Å². The molecule has 5 heteroatoms. The summed E-state index contributed by atoms with van der Waals surface area (Å²) in [6.45, 7) is 5.62. The van der Waals surface area contributed by atoms with Gasteiger partial charge in [-0.3, -0.25) is 9.59 Å². The number of carbonyl (C=O) groups is 2. The predicted octanol–water partition coefficient (Wildman–Crippen LogP) is 0.977. The molecule has 0 aromatic heterocycles. The Morgan fingerprint density at radius 1 is 1.19 bits per heavy atom. The molecule has 21 heavy (non-hydrogen) atoms. The molecule has 0 saturated heterocycles. The number of benzene rings is 1. The smallest absolute Gasteiger partial charge is 0.239 e. The Bertz CT molecular complexity index is 466. The van der Waals surface area contributed by atoms with Gasteiger partial charge in [0.15, 0.2) is 0 Å². The lowest BCUT2D eigenvalue weighted by molar-refractivity contribution is -0.127. The number of amides is 2. The third-order valence-electron chi connectivity index (χ3n) is 2.86. The van der Waals surface area contributed by atoms with Gasteiger partial charge >= 0.3 is 0 Å². The van der Waals surface area contributed by atoms with Gasteiger partial charge in [-0.1, -0.05) is 30.3 Å². The minimum Gasteiger partial charge on any atom is -0.350 e. The maximum absolute atomic E-state index is 11.8. The molecule has 5 nitrogen and oxygen atoms in total. The van der Waals surface area contributed by atoms with Crippen LogP contribution in [0.1, 0.15) is 32.8 Å². The average molecular weight is 291 g/mol. The number of nitrogens with one attached hydrogen (secondary N) is 2. The Hall–Kier alpha value is -1.88. The molecular weight excluding hydrogens is 266 g/mol. The normalized spacial score (nSPS) is 12.6. The van der Waals surface area contributed by atoms with Crippen LogP contribution in [-0.2, 0) is 16.0 Å². The summed E-state index contributed by atoms with van der Waals surface area (Å²) in [4.78, 5) is 23.4. The van der Waals surface area contributed by atoms with Crippen LogP contribution in [0.4, 0.5) is 0 Å². The van der Waals surface area contributed by atoms with Crippen LogP contribution in [0.25, 0.3) is 0 Å². The molecule has 116 valence electrons. The SMILES string of the molecule is CC(C)(C)NC(=O)CNC(=O)[C@@H](N)CCc1ccccc1. The molecule has 1 aromatic carbocycles. The van der Waals surface area contributed by atoms with Gasteiger partial charge in [0.25, 0.3) is 0 Å². The first-order chi connectivity index (χ1) is 9.78. The second-order valence-corrected chi connectivity index (χ2v) is 6.15. The van der Waals surface area contributed by atoms with E-state index in [1.807, 2.05) is 51.1 Å². The standard InChI is InChI=1S/C16H25N3O2/c1-16(2,3)19-14(20)11-18-15(21)13(17)10-9-12-7-5-4-6-8-12/h4-8,13H,9-11,17H2,1-3H3,(H,18,21)(H,19,20)/t13-/m0/s1. The van der Waals surface area contributed by atoms with Crippen molar-refractivity contribution in [3.8, 4) is 0 Å². The van der Waals surface area contributed by atoms with E-state index in [0.29, 0.717) is 6.42 Å². The fourth-order valence-electron chi connectivity index (χ4n) is 1.86. The number of hydrogen-bond donors (Lipinski definition) is 3. The first-order valence-electron chi connectivity index (χ1n) is 7.16. The number of carbonyl (C=O) groups excluding carboxylic acids is 2. The van der Waals surface area contributed by atoms with Crippen molar-refractivity contribution in [1.82, 2.24) is 10.6 Å². The van der Waals surface area contributed by atoms with Gasteiger partial charge in [-0.25, -0.2) is 0 Å². The Morgan fingerprint density at radius 2 is 1.81 bits per heavy atom. The molecule has 1 aromatic rings. The fraction of sp³-hybridized carbons (Fsp3) is 0.500. The molecule has 0 aliphatic heterocycles. The molecule has 0 aliphatic rings. The third kappa shape index (κ3) is 7.46. The van der Waals surface area contributed by atoms with Crippen molar-refractivity contribution in [2.24, 2.45) is 5.73 Å². The highest BCUT2D eigenvalue weighted by atomic mass is 16.2. The summed E-state index contributed by atoms with van der Waals surface area (Å²) in [7, 11) is 0. The third-order valence-corrected chi connectivity index (χ3v) is 2.86. The Morgan fingerprint density at radius 3 is 2.38 bits per heavy atom. The van der Waals surface area contributed by atoms with E-state index in [9.17, 15) is 9.59 Å². The van der Waals surface area contributed by atoms with Gasteiger partial charge in [0.05, 0.1) is 12.6 Å². The van der Waals surface area contributed by atoms with Gasteiger partial charge in [-0.05, 0) is 39.2 Å². The van der Waals surface area contributed by atoms with Gasteiger partial charge in [0.1, 0.15) is 0 Å². The molecule has 0 fully saturated rings. The van der Waals surface area contributed by atoms with Gasteiger partial charge in [0, 0.05) is 5.54 Å². The van der Waals surface area contributed by atoms with Crippen molar-refractivity contribution >= 4 is 11.8 Å². The zero-order valence-electron chi connectivity index (χ0n) is 13.0. The lowest BCUT2D eigenvalue weighted by Crippen LogP contribution is -2.48. The van der Waals surface area contributed by atoms with Crippen molar-refractivity contribution in [3.05, 3.63) is 35.9 Å². The van der Waals surface area contributed by atoms with Crippen LogP contribution in [0, 0.1) is 0 Å². The first kappa shape index (κ1) is 17.2. The van der Waals surface area contributed by atoms with Crippen LogP contribution in [0.2, 0.25) is 0 Å². The van der Waals surface area contributed by atoms with Gasteiger partial charge < -0.3 is 16.4 Å². The van der Waals surface area contributed by atoms with Crippen LogP contribution in [0.3, 0.4) is 0 Å². The molecular formula is C16H25N3O2. The minimum absolute atomic E-state index is 0.0465. The summed E-state index contributed by atoms with van der Waals surface area (Å²) in [5.74, 6) is -0.513. The Kier molecular flexibility index (Phi) is 6.37. The van der Waals surface area contributed by atoms with Crippen LogP contribution in [0.15, 0.2) is 30.3 Å². The maximum atomic E-state index is 11.8. The number of hydrogen-bond acceptors (Lipinski definition) is 3. The summed E-state index contributed by atoms with van der Waals surface area (Å²) >= 11 is 0. The summed E-state index contributed by atoms with van der Waals surface area (Å²) in [6, 6.07) is 9.26. The van der Waals surface area contributed by atoms with Crippen LogP contribution in [-0.4, -0.2) is 29.9 Å². The number of aryl methyl sites for hydroxylation is 1. The summed E-state index contributed by atoms with van der Waals surface area (Å²) in [5.41, 5.74) is 6.67. The van der Waals surface area contributed by atoms with E-state index in [-0.39, 0.29) is 23.9 Å². The van der Waals surface area contributed by atoms with E-state index in [1.54, 1.807) is 0 Å². The highest BCUT2D eigenvalue weighted by Gasteiger charge is 2.17. The summed E-state index contributed by atoms with van der Waals surface area (Å²) in [5, 5.41) is 5.34. The molecule has 1 atom stereocenters. The topological polar surface area (TPSA) is 84.2 Å². The van der Waals surface area contributed by atoms with Gasteiger partial charge in [0.2, 0.25) is 11.8 Å². The van der Waals surface area contributed by atoms with E-state index in [4.69, 9.17) is 5.73 Å². The highest BCUT2D eigenvalue weighted by Crippen LogP contribution is 2.04. The Labute approximate surface area is 126 Å². The minimum atomic E-state index is -0.604. The zero-order chi connectivity index (χ0) is 15.9. The molecule has 0 aliphatic carbocycles. The van der Waals surface area contributed by atoms with Crippen LogP contribution in [0.5, 0.6) is 0 Å². The lowest BCUT2D eigenvalue weighted by Gasteiger charge is -2.21. The zero-order valence-corrected chi connectivity index (χ0v) is 13.0. The highest BCUT2D eigenvalue weighted by molar-refractivity contribution is 5.87. The first-order valence-corrected chi connectivity index (χ1v) is 7.16. The molecule has 0 unspecified atom stereocenters. The molecule has 0 radical (unpaired) electrons. The van der Waals surface area contributed by atoms with Crippen LogP contribution < -0.4 is 16.4 Å². The van der Waals surface area contributed by atoms with Crippen molar-refractivity contribution in [3.63, 3.8) is 0 Å². The summed E-state index contributed by atoms with van der Waals surface area (Å²) in [6.07, 6.45) is 1.29. The maximum Gasteiger partial charge on any atom is 0.239 e. The van der Waals surface area contributed by atoms with Crippen molar-refractivity contribution in [2.75, 3.05) is 6.54 Å². The molecule has 2 amide bonds. The van der Waals surface area contributed by atoms with E-state index in [2.05, 4.69) is 10.6 Å². The number of nitrogens with two attached hydrogens (primary N) is 1. The molecule has 0 saturated carbocycles. The second-order valence-electron chi connectivity index (χ2n) is 6.15. The monoisotopic (exact) mass is 291 g/mol. The van der Waals surface area contributed by atoms with Crippen molar-refractivity contribution in [1.29, 1.82) is 0 Å². The molecule has 0 heterocycles. The van der Waals surface area contributed by atoms with E-state index >= 15 is 0 Å². The Balaban J connectivity index is 2.30. The molecule has 1 rings (SSSR count). The predicted molar refractivity (Wildman–Crippen MR) is 83.6 cm³/mol. The van der Waals surface area contributed by atoms with Gasteiger partial charge in [-0.15, -0.1) is 0 Å². The van der Waals surface area contributed by atoms with E-state index in [1.165, 1.54) is 0 Å². The second kappa shape index (κ2) is 7.78. The largest absolute Gasteiger partial charge is 0.350 e. The van der Waals surface area contributed by atoms with E-state index in [0.717, 1.165) is 12.0 Å². The molecule has 4 N–H and O–H groups in total. The fourth-order valence-corrected chi connectivity index (χ4v) is 1.86.